The number of fused-ring (bicyclic) bond motifs is 3. The molecule has 7 heteroatoms. The predicted molar refractivity (Wildman–Crippen MR) is 156 cm³/mol. The molecule has 4 aliphatic heterocycles. The number of nitrogens with one attached hydrogen (secondary N) is 4. The van der Waals surface area contributed by atoms with Crippen LogP contribution in [0, 0.1) is 0 Å². The van der Waals surface area contributed by atoms with Crippen LogP contribution in [0.2, 0.25) is 0 Å². The first kappa shape index (κ1) is 23.4. The molecule has 2 atom stereocenters. The average Bonchev–Trinajstić information content (AvgIpc) is 3.73. The van der Waals surface area contributed by atoms with Gasteiger partial charge in [0.1, 0.15) is 17.2 Å². The molecule has 3 aromatic carbocycles. The summed E-state index contributed by atoms with van der Waals surface area (Å²) in [6.07, 6.45) is 6.58. The van der Waals surface area contributed by atoms with Gasteiger partial charge in [-0.3, -0.25) is 4.99 Å². The second kappa shape index (κ2) is 8.74. The van der Waals surface area contributed by atoms with Crippen molar-refractivity contribution < 1.29 is 4.74 Å². The third kappa shape index (κ3) is 3.83. The number of hydrogen-bond donors (Lipinski definition) is 4. The van der Waals surface area contributed by atoms with Gasteiger partial charge in [0.2, 0.25) is 0 Å². The molecule has 4 aliphatic rings. The fourth-order valence-corrected chi connectivity index (χ4v) is 6.73. The van der Waals surface area contributed by atoms with Crippen LogP contribution in [0.4, 0.5) is 5.69 Å². The van der Waals surface area contributed by atoms with Crippen molar-refractivity contribution in [2.45, 2.75) is 49.7 Å². The van der Waals surface area contributed by atoms with E-state index in [1.807, 2.05) is 6.20 Å². The van der Waals surface area contributed by atoms with Gasteiger partial charge in [-0.15, -0.1) is 0 Å². The number of H-pyrrole nitrogens is 1. The summed E-state index contributed by atoms with van der Waals surface area (Å²) in [7, 11) is 0. The van der Waals surface area contributed by atoms with Gasteiger partial charge in [-0.1, -0.05) is 36.4 Å². The Hall–Kier alpha value is -3.52. The summed E-state index contributed by atoms with van der Waals surface area (Å²) >= 11 is 0. The molecule has 3 fully saturated rings. The van der Waals surface area contributed by atoms with Gasteiger partial charge in [0.15, 0.2) is 0 Å². The highest BCUT2D eigenvalue weighted by molar-refractivity contribution is 6.03. The van der Waals surface area contributed by atoms with Gasteiger partial charge >= 0.3 is 0 Å². The molecule has 198 valence electrons. The zero-order valence-electron chi connectivity index (χ0n) is 22.3. The standard InChI is InChI=1S/C32H34N6O/c1-31(11-3-13-35-31)30-34-17-28(37-30)24-8-7-20-14-21(5-6-22(20)15-24)23-9-10-25-27(16-23)36-29(26-4-2-12-33-26)38-32(25)18-39-19-32/h5-10,14-17,26,33,35H,2-4,11-13,18-19H2,1H3,(H,34,37)(H,36,38). The molecule has 0 saturated carbocycles. The Morgan fingerprint density at radius 1 is 0.897 bits per heavy atom. The number of anilines is 1. The second-order valence-corrected chi connectivity index (χ2v) is 11.8. The highest BCUT2D eigenvalue weighted by atomic mass is 16.5. The van der Waals surface area contributed by atoms with E-state index < -0.39 is 0 Å². The van der Waals surface area contributed by atoms with Gasteiger partial charge in [0, 0.05) is 16.8 Å². The molecular weight excluding hydrogens is 484 g/mol. The first-order valence-electron chi connectivity index (χ1n) is 14.3. The largest absolute Gasteiger partial charge is 0.375 e. The van der Waals surface area contributed by atoms with E-state index in [9.17, 15) is 0 Å². The Morgan fingerprint density at radius 2 is 1.69 bits per heavy atom. The lowest BCUT2D eigenvalue weighted by molar-refractivity contribution is -0.0556. The van der Waals surface area contributed by atoms with E-state index in [2.05, 4.69) is 82.5 Å². The van der Waals surface area contributed by atoms with Crippen molar-refractivity contribution in [2.75, 3.05) is 31.6 Å². The lowest BCUT2D eigenvalue weighted by atomic mass is 9.84. The van der Waals surface area contributed by atoms with Crippen molar-refractivity contribution in [2.24, 2.45) is 4.99 Å². The molecule has 3 saturated heterocycles. The summed E-state index contributed by atoms with van der Waals surface area (Å²) in [5.74, 6) is 2.09. The van der Waals surface area contributed by atoms with Crippen LogP contribution in [0.5, 0.6) is 0 Å². The van der Waals surface area contributed by atoms with Crippen LogP contribution < -0.4 is 16.0 Å². The molecule has 4 N–H and O–H groups in total. The fraction of sp³-hybridized carbons (Fsp3) is 0.375. The molecule has 1 spiro atoms. The minimum Gasteiger partial charge on any atom is -0.375 e. The third-order valence-electron chi connectivity index (χ3n) is 9.14. The quantitative estimate of drug-likeness (QED) is 0.295. The predicted octanol–water partition coefficient (Wildman–Crippen LogP) is 5.30. The highest BCUT2D eigenvalue weighted by Gasteiger charge is 2.45. The van der Waals surface area contributed by atoms with Crippen LogP contribution in [0.1, 0.15) is 44.0 Å². The summed E-state index contributed by atoms with van der Waals surface area (Å²) in [5, 5.41) is 13.3. The lowest BCUT2D eigenvalue weighted by Gasteiger charge is -2.43. The molecule has 4 aromatic rings. The fourth-order valence-electron chi connectivity index (χ4n) is 6.73. The van der Waals surface area contributed by atoms with E-state index in [1.54, 1.807) is 0 Å². The smallest absolute Gasteiger partial charge is 0.136 e. The van der Waals surface area contributed by atoms with Crippen molar-refractivity contribution >= 4 is 22.3 Å². The molecule has 0 radical (unpaired) electrons. The zero-order chi connectivity index (χ0) is 26.0. The van der Waals surface area contributed by atoms with Crippen LogP contribution in [0.3, 0.4) is 0 Å². The van der Waals surface area contributed by atoms with Crippen molar-refractivity contribution in [3.8, 4) is 22.4 Å². The van der Waals surface area contributed by atoms with Crippen molar-refractivity contribution in [3.05, 3.63) is 72.2 Å². The molecule has 0 bridgehead atoms. The summed E-state index contributed by atoms with van der Waals surface area (Å²) < 4.78 is 5.66. The number of aromatic nitrogens is 2. The number of rotatable bonds is 4. The number of ether oxygens (including phenoxy) is 1. The summed E-state index contributed by atoms with van der Waals surface area (Å²) in [4.78, 5) is 13.5. The number of imidazole rings is 1. The lowest BCUT2D eigenvalue weighted by Crippen LogP contribution is -2.51. The number of amidine groups is 1. The summed E-state index contributed by atoms with van der Waals surface area (Å²) in [6, 6.07) is 20.5. The Balaban J connectivity index is 1.10. The van der Waals surface area contributed by atoms with Crippen LogP contribution in [-0.2, 0) is 15.8 Å². The Morgan fingerprint density at radius 3 is 2.44 bits per heavy atom. The number of benzene rings is 3. The monoisotopic (exact) mass is 518 g/mol. The molecule has 5 heterocycles. The van der Waals surface area contributed by atoms with Gasteiger partial charge in [-0.05, 0) is 85.8 Å². The first-order chi connectivity index (χ1) is 19.1. The van der Waals surface area contributed by atoms with E-state index in [4.69, 9.17) is 14.7 Å². The maximum atomic E-state index is 5.66. The normalized spacial score (nSPS) is 25.4. The molecular formula is C32H34N6O. The van der Waals surface area contributed by atoms with E-state index in [1.165, 1.54) is 40.3 Å². The van der Waals surface area contributed by atoms with Crippen LogP contribution >= 0.6 is 0 Å². The van der Waals surface area contributed by atoms with E-state index in [0.29, 0.717) is 19.3 Å². The Kier molecular flexibility index (Phi) is 5.24. The minimum atomic E-state index is -0.240. The van der Waals surface area contributed by atoms with E-state index >= 15 is 0 Å². The maximum Gasteiger partial charge on any atom is 0.136 e. The average molecular weight is 519 g/mol. The van der Waals surface area contributed by atoms with Gasteiger partial charge in [0.05, 0.1) is 36.7 Å². The molecule has 0 aliphatic carbocycles. The summed E-state index contributed by atoms with van der Waals surface area (Å²) in [6.45, 7) is 5.65. The maximum absolute atomic E-state index is 5.66. The molecule has 1 aromatic heterocycles. The SMILES string of the molecule is CC1(c2ncc(-c3ccc4cc(-c5ccc6c(c5)NC(C5CCCN5)=NC65COC5)ccc4c3)[nH]2)CCCN1. The van der Waals surface area contributed by atoms with Crippen molar-refractivity contribution in [1.29, 1.82) is 0 Å². The van der Waals surface area contributed by atoms with Gasteiger partial charge < -0.3 is 25.7 Å². The van der Waals surface area contributed by atoms with Crippen molar-refractivity contribution in [1.82, 2.24) is 20.6 Å². The Labute approximate surface area is 228 Å². The van der Waals surface area contributed by atoms with E-state index in [-0.39, 0.29) is 11.1 Å². The second-order valence-electron chi connectivity index (χ2n) is 11.8. The molecule has 2 unspecified atom stereocenters. The number of aromatic amines is 1. The molecule has 0 amide bonds. The van der Waals surface area contributed by atoms with Crippen LogP contribution in [0.25, 0.3) is 33.2 Å². The summed E-state index contributed by atoms with van der Waals surface area (Å²) in [5.41, 5.74) is 6.75. The molecule has 39 heavy (non-hydrogen) atoms. The number of nitrogens with zero attached hydrogens (tertiary/aromatic N) is 2. The van der Waals surface area contributed by atoms with Gasteiger partial charge in [-0.2, -0.15) is 0 Å². The highest BCUT2D eigenvalue weighted by Crippen LogP contribution is 2.43. The number of aliphatic imine (C=N–C) groups is 1. The molecule has 8 rings (SSSR count). The topological polar surface area (TPSA) is 86.4 Å². The molecule has 7 nitrogen and oxygen atoms in total. The first-order valence-corrected chi connectivity index (χ1v) is 14.3. The zero-order valence-corrected chi connectivity index (χ0v) is 22.3. The van der Waals surface area contributed by atoms with Gasteiger partial charge in [0.25, 0.3) is 0 Å². The third-order valence-corrected chi connectivity index (χ3v) is 9.14. The number of hydrogen-bond acceptors (Lipinski definition) is 6. The van der Waals surface area contributed by atoms with E-state index in [0.717, 1.165) is 54.5 Å². The van der Waals surface area contributed by atoms with Crippen molar-refractivity contribution in [3.63, 3.8) is 0 Å². The minimum absolute atomic E-state index is 0.0563. The van der Waals surface area contributed by atoms with Gasteiger partial charge in [-0.25, -0.2) is 4.98 Å². The Bertz CT molecular complexity index is 1600. The van der Waals surface area contributed by atoms with Crippen LogP contribution in [-0.4, -0.2) is 48.1 Å². The van der Waals surface area contributed by atoms with Crippen LogP contribution in [0.15, 0.2) is 65.8 Å².